The molecule has 1 aliphatic rings. The van der Waals surface area contributed by atoms with Gasteiger partial charge < -0.3 is 15.0 Å². The van der Waals surface area contributed by atoms with Gasteiger partial charge in [0, 0.05) is 25.4 Å². The molecule has 0 bridgehead atoms. The Morgan fingerprint density at radius 1 is 1.67 bits per heavy atom. The van der Waals surface area contributed by atoms with Crippen LogP contribution in [0.2, 0.25) is 0 Å². The number of H-pyrrole nitrogens is 1. The van der Waals surface area contributed by atoms with E-state index in [1.807, 2.05) is 11.0 Å². The Kier molecular flexibility index (Phi) is 4.00. The summed E-state index contributed by atoms with van der Waals surface area (Å²) in [5.74, 6) is -0.0445. The summed E-state index contributed by atoms with van der Waals surface area (Å²) in [6.45, 7) is 0.926. The zero-order valence-electron chi connectivity index (χ0n) is 10.2. The molecule has 0 spiro atoms. The van der Waals surface area contributed by atoms with Crippen molar-refractivity contribution in [3.8, 4) is 6.07 Å². The predicted octanol–water partition coefficient (Wildman–Crippen LogP) is 1.26. The second-order valence-electron chi connectivity index (χ2n) is 4.57. The third-order valence-electron chi connectivity index (χ3n) is 3.38. The number of aromatic nitrogens is 1. The lowest BCUT2D eigenvalue weighted by molar-refractivity contribution is 0.0719. The minimum atomic E-state index is -0.0445. The monoisotopic (exact) mass is 247 g/mol. The normalized spacial score (nSPS) is 18.9. The molecule has 1 fully saturated rings. The molecule has 0 aliphatic carbocycles. The number of aromatic amines is 1. The summed E-state index contributed by atoms with van der Waals surface area (Å²) in [6, 6.07) is 3.81. The van der Waals surface area contributed by atoms with Crippen molar-refractivity contribution in [2.45, 2.75) is 31.7 Å². The molecule has 1 aromatic heterocycles. The smallest absolute Gasteiger partial charge is 0.270 e. The van der Waals surface area contributed by atoms with Crippen LogP contribution in [0.15, 0.2) is 12.3 Å². The van der Waals surface area contributed by atoms with Crippen molar-refractivity contribution in [2.24, 2.45) is 0 Å². The van der Waals surface area contributed by atoms with Gasteiger partial charge in [0.1, 0.15) is 11.8 Å². The van der Waals surface area contributed by atoms with Crippen molar-refractivity contribution in [1.29, 1.82) is 5.26 Å². The number of hydrogen-bond acceptors (Lipinski definition) is 3. The number of nitrogens with zero attached hydrogens (tertiary/aromatic N) is 2. The van der Waals surface area contributed by atoms with E-state index < -0.39 is 0 Å². The summed E-state index contributed by atoms with van der Waals surface area (Å²) >= 11 is 0. The van der Waals surface area contributed by atoms with Crippen LogP contribution in [-0.2, 0) is 0 Å². The van der Waals surface area contributed by atoms with Crippen LogP contribution in [-0.4, -0.2) is 40.1 Å². The van der Waals surface area contributed by atoms with Gasteiger partial charge in [-0.15, -0.1) is 0 Å². The third-order valence-corrected chi connectivity index (χ3v) is 3.38. The molecule has 2 N–H and O–H groups in total. The molecule has 18 heavy (non-hydrogen) atoms. The Morgan fingerprint density at radius 3 is 3.17 bits per heavy atom. The van der Waals surface area contributed by atoms with E-state index in [1.165, 1.54) is 0 Å². The molecule has 1 saturated heterocycles. The average Bonchev–Trinajstić information content (AvgIpc) is 3.04. The summed E-state index contributed by atoms with van der Waals surface area (Å²) in [6.07, 6.45) is 5.12. The van der Waals surface area contributed by atoms with Crippen LogP contribution in [0, 0.1) is 11.3 Å². The maximum Gasteiger partial charge on any atom is 0.270 e. The standard InChI is InChI=1S/C13H17N3O2/c14-8-10-7-12(15-9-10)13(18)16-5-1-3-11(16)4-2-6-17/h7,9,11,15,17H,1-6H2. The quantitative estimate of drug-likeness (QED) is 0.840. The van der Waals surface area contributed by atoms with Gasteiger partial charge in [0.2, 0.25) is 0 Å². The minimum absolute atomic E-state index is 0.0445. The zero-order chi connectivity index (χ0) is 13.0. The molecule has 1 atom stereocenters. The molecule has 0 aromatic carbocycles. The maximum absolute atomic E-state index is 12.3. The van der Waals surface area contributed by atoms with Gasteiger partial charge in [-0.3, -0.25) is 4.79 Å². The first kappa shape index (κ1) is 12.7. The van der Waals surface area contributed by atoms with Crippen LogP contribution in [0.25, 0.3) is 0 Å². The largest absolute Gasteiger partial charge is 0.396 e. The van der Waals surface area contributed by atoms with Gasteiger partial charge in [0.25, 0.3) is 5.91 Å². The summed E-state index contributed by atoms with van der Waals surface area (Å²) in [5.41, 5.74) is 0.951. The van der Waals surface area contributed by atoms with Crippen molar-refractivity contribution in [3.63, 3.8) is 0 Å². The predicted molar refractivity (Wildman–Crippen MR) is 65.9 cm³/mol. The molecule has 2 heterocycles. The van der Waals surface area contributed by atoms with Gasteiger partial charge in [-0.05, 0) is 31.7 Å². The van der Waals surface area contributed by atoms with Crippen LogP contribution in [0.5, 0.6) is 0 Å². The molecule has 1 unspecified atom stereocenters. The molecule has 1 aromatic rings. The average molecular weight is 247 g/mol. The second-order valence-corrected chi connectivity index (χ2v) is 4.57. The van der Waals surface area contributed by atoms with Crippen molar-refractivity contribution in [1.82, 2.24) is 9.88 Å². The highest BCUT2D eigenvalue weighted by Gasteiger charge is 2.29. The maximum atomic E-state index is 12.3. The molecule has 2 rings (SSSR count). The van der Waals surface area contributed by atoms with Crippen LogP contribution >= 0.6 is 0 Å². The molecule has 1 amide bonds. The molecule has 0 saturated carbocycles. The minimum Gasteiger partial charge on any atom is -0.396 e. The molecule has 0 radical (unpaired) electrons. The van der Waals surface area contributed by atoms with Crippen molar-refractivity contribution >= 4 is 5.91 Å². The third kappa shape index (κ3) is 2.54. The van der Waals surface area contributed by atoms with Gasteiger partial charge in [-0.25, -0.2) is 0 Å². The van der Waals surface area contributed by atoms with E-state index in [-0.39, 0.29) is 18.6 Å². The number of likely N-dealkylation sites (tertiary alicyclic amines) is 1. The molecular weight excluding hydrogens is 230 g/mol. The number of nitrogens with one attached hydrogen (secondary N) is 1. The van der Waals surface area contributed by atoms with Crippen LogP contribution in [0.4, 0.5) is 0 Å². The van der Waals surface area contributed by atoms with E-state index in [0.717, 1.165) is 32.2 Å². The van der Waals surface area contributed by atoms with Crippen LogP contribution < -0.4 is 0 Å². The van der Waals surface area contributed by atoms with Crippen molar-refractivity contribution in [3.05, 3.63) is 23.5 Å². The number of rotatable bonds is 4. The van der Waals surface area contributed by atoms with Gasteiger partial charge in [-0.1, -0.05) is 0 Å². The number of carbonyl (C=O) groups excluding carboxylic acids is 1. The number of aliphatic hydroxyl groups is 1. The first-order valence-electron chi connectivity index (χ1n) is 6.26. The number of amides is 1. The van der Waals surface area contributed by atoms with E-state index >= 15 is 0 Å². The van der Waals surface area contributed by atoms with Crippen molar-refractivity contribution < 1.29 is 9.90 Å². The Balaban J connectivity index is 2.05. The number of aliphatic hydroxyl groups excluding tert-OH is 1. The highest BCUT2D eigenvalue weighted by atomic mass is 16.3. The number of carbonyl (C=O) groups is 1. The Labute approximate surface area is 106 Å². The van der Waals surface area contributed by atoms with Gasteiger partial charge in [0.15, 0.2) is 0 Å². The van der Waals surface area contributed by atoms with E-state index in [4.69, 9.17) is 10.4 Å². The SMILES string of the molecule is N#Cc1c[nH]c(C(=O)N2CCCC2CCCO)c1. The van der Waals surface area contributed by atoms with Gasteiger partial charge in [0.05, 0.1) is 5.56 Å². The highest BCUT2D eigenvalue weighted by molar-refractivity contribution is 5.93. The molecule has 5 heteroatoms. The Bertz CT molecular complexity index is 461. The van der Waals surface area contributed by atoms with E-state index in [0.29, 0.717) is 11.3 Å². The number of nitriles is 1. The zero-order valence-corrected chi connectivity index (χ0v) is 10.2. The van der Waals surface area contributed by atoms with Crippen LogP contribution in [0.1, 0.15) is 41.7 Å². The first-order valence-corrected chi connectivity index (χ1v) is 6.26. The molecule has 5 nitrogen and oxygen atoms in total. The van der Waals surface area contributed by atoms with Crippen molar-refractivity contribution in [2.75, 3.05) is 13.2 Å². The van der Waals surface area contributed by atoms with E-state index in [1.54, 1.807) is 12.3 Å². The summed E-state index contributed by atoms with van der Waals surface area (Å²) in [7, 11) is 0. The second kappa shape index (κ2) is 5.69. The lowest BCUT2D eigenvalue weighted by atomic mass is 10.1. The summed E-state index contributed by atoms with van der Waals surface area (Å²) < 4.78 is 0. The first-order chi connectivity index (χ1) is 8.76. The Morgan fingerprint density at radius 2 is 2.50 bits per heavy atom. The van der Waals surface area contributed by atoms with E-state index in [9.17, 15) is 4.79 Å². The topological polar surface area (TPSA) is 80.1 Å². The summed E-state index contributed by atoms with van der Waals surface area (Å²) in [4.78, 5) is 17.0. The fourth-order valence-electron chi connectivity index (χ4n) is 2.47. The van der Waals surface area contributed by atoms with E-state index in [2.05, 4.69) is 4.98 Å². The van der Waals surface area contributed by atoms with Gasteiger partial charge in [-0.2, -0.15) is 5.26 Å². The summed E-state index contributed by atoms with van der Waals surface area (Å²) in [5, 5.41) is 17.6. The lowest BCUT2D eigenvalue weighted by Gasteiger charge is -2.24. The molecule has 96 valence electrons. The number of hydrogen-bond donors (Lipinski definition) is 2. The molecular formula is C13H17N3O2. The molecule has 1 aliphatic heterocycles. The Hall–Kier alpha value is -1.80. The van der Waals surface area contributed by atoms with Gasteiger partial charge >= 0.3 is 0 Å². The van der Waals surface area contributed by atoms with Crippen LogP contribution in [0.3, 0.4) is 0 Å². The highest BCUT2D eigenvalue weighted by Crippen LogP contribution is 2.23. The fraction of sp³-hybridized carbons (Fsp3) is 0.538. The fourth-order valence-corrected chi connectivity index (χ4v) is 2.47. The lowest BCUT2D eigenvalue weighted by Crippen LogP contribution is -2.35.